The molecule has 3 atom stereocenters. The van der Waals surface area contributed by atoms with Crippen LogP contribution in [-0.2, 0) is 9.47 Å². The highest BCUT2D eigenvalue weighted by Gasteiger charge is 2.43. The molecule has 14 heavy (non-hydrogen) atoms. The van der Waals surface area contributed by atoms with Gasteiger partial charge >= 0.3 is 0 Å². The molecule has 0 aromatic heterocycles. The van der Waals surface area contributed by atoms with Gasteiger partial charge in [0, 0.05) is 12.8 Å². The molecule has 2 nitrogen and oxygen atoms in total. The van der Waals surface area contributed by atoms with Crippen LogP contribution in [0.3, 0.4) is 0 Å². The first-order valence-corrected chi connectivity index (χ1v) is 6.13. The number of rotatable bonds is 2. The third-order valence-electron chi connectivity index (χ3n) is 3.60. The summed E-state index contributed by atoms with van der Waals surface area (Å²) < 4.78 is 12.1. The van der Waals surface area contributed by atoms with Gasteiger partial charge in [-0.05, 0) is 32.1 Å². The maximum atomic E-state index is 6.09. The topological polar surface area (TPSA) is 18.5 Å². The Balaban J connectivity index is 1.95. The maximum Gasteiger partial charge on any atom is 0.169 e. The largest absolute Gasteiger partial charge is 0.347 e. The van der Waals surface area contributed by atoms with E-state index in [4.69, 9.17) is 9.47 Å². The molecule has 2 heteroatoms. The van der Waals surface area contributed by atoms with E-state index in [0.29, 0.717) is 12.2 Å². The Kier molecular flexibility index (Phi) is 3.13. The molecule has 0 aliphatic carbocycles. The molecule has 2 saturated heterocycles. The smallest absolute Gasteiger partial charge is 0.169 e. The predicted molar refractivity (Wildman–Crippen MR) is 56.1 cm³/mol. The van der Waals surface area contributed by atoms with Gasteiger partial charge in [0.25, 0.3) is 0 Å². The summed E-state index contributed by atoms with van der Waals surface area (Å²) in [6.07, 6.45) is 9.05. The third-order valence-corrected chi connectivity index (χ3v) is 3.60. The first-order valence-electron chi connectivity index (χ1n) is 6.13. The molecule has 0 N–H and O–H groups in total. The highest BCUT2D eigenvalue weighted by molar-refractivity contribution is 4.85. The molecule has 82 valence electrons. The molecule has 2 aliphatic rings. The van der Waals surface area contributed by atoms with E-state index in [9.17, 15) is 0 Å². The van der Waals surface area contributed by atoms with Gasteiger partial charge in [0.2, 0.25) is 0 Å². The summed E-state index contributed by atoms with van der Waals surface area (Å²) in [6.45, 7) is 4.40. The molecule has 0 amide bonds. The van der Waals surface area contributed by atoms with Gasteiger partial charge in [-0.3, -0.25) is 0 Å². The van der Waals surface area contributed by atoms with Crippen LogP contribution in [-0.4, -0.2) is 18.0 Å². The molecule has 0 bridgehead atoms. The standard InChI is InChI=1S/C12H22O2/c1-3-10-6-5-8-12(13-10)9-7-11(4-2)14-12/h10-11H,3-9H2,1-2H3. The molecular weight excluding hydrogens is 176 g/mol. The molecule has 0 radical (unpaired) electrons. The van der Waals surface area contributed by atoms with Crippen molar-refractivity contribution in [3.05, 3.63) is 0 Å². The van der Waals surface area contributed by atoms with Gasteiger partial charge in [0.1, 0.15) is 0 Å². The maximum absolute atomic E-state index is 6.09. The highest BCUT2D eigenvalue weighted by Crippen LogP contribution is 2.41. The first-order chi connectivity index (χ1) is 6.78. The van der Waals surface area contributed by atoms with Crippen LogP contribution >= 0.6 is 0 Å². The van der Waals surface area contributed by atoms with Gasteiger partial charge in [0.15, 0.2) is 5.79 Å². The Morgan fingerprint density at radius 1 is 1.00 bits per heavy atom. The molecule has 2 aliphatic heterocycles. The molecule has 2 rings (SSSR count). The van der Waals surface area contributed by atoms with Crippen molar-refractivity contribution >= 4 is 0 Å². The molecule has 2 heterocycles. The summed E-state index contributed by atoms with van der Waals surface area (Å²) in [4.78, 5) is 0. The summed E-state index contributed by atoms with van der Waals surface area (Å²) in [5.41, 5.74) is 0. The van der Waals surface area contributed by atoms with Crippen LogP contribution in [0, 0.1) is 0 Å². The van der Waals surface area contributed by atoms with E-state index in [1.54, 1.807) is 0 Å². The number of hydrogen-bond donors (Lipinski definition) is 0. The van der Waals surface area contributed by atoms with Crippen LogP contribution < -0.4 is 0 Å². The number of ether oxygens (including phenoxy) is 2. The summed E-state index contributed by atoms with van der Waals surface area (Å²) in [6, 6.07) is 0. The molecule has 3 unspecified atom stereocenters. The summed E-state index contributed by atoms with van der Waals surface area (Å²) >= 11 is 0. The molecule has 2 fully saturated rings. The van der Waals surface area contributed by atoms with Gasteiger partial charge in [-0.25, -0.2) is 0 Å². The van der Waals surface area contributed by atoms with Crippen molar-refractivity contribution in [1.82, 2.24) is 0 Å². The van der Waals surface area contributed by atoms with Crippen LogP contribution in [0.15, 0.2) is 0 Å². The van der Waals surface area contributed by atoms with Crippen LogP contribution in [0.1, 0.15) is 58.8 Å². The Morgan fingerprint density at radius 3 is 2.21 bits per heavy atom. The van der Waals surface area contributed by atoms with Crippen molar-refractivity contribution in [2.45, 2.75) is 76.8 Å². The van der Waals surface area contributed by atoms with E-state index in [1.807, 2.05) is 0 Å². The molecule has 1 spiro atoms. The van der Waals surface area contributed by atoms with E-state index in [-0.39, 0.29) is 5.79 Å². The van der Waals surface area contributed by atoms with E-state index < -0.39 is 0 Å². The van der Waals surface area contributed by atoms with Gasteiger partial charge in [-0.15, -0.1) is 0 Å². The Bertz CT molecular complexity index is 193. The van der Waals surface area contributed by atoms with E-state index in [2.05, 4.69) is 13.8 Å². The van der Waals surface area contributed by atoms with Crippen molar-refractivity contribution in [2.75, 3.05) is 0 Å². The van der Waals surface area contributed by atoms with E-state index in [0.717, 1.165) is 25.7 Å². The van der Waals surface area contributed by atoms with Crippen molar-refractivity contribution in [2.24, 2.45) is 0 Å². The summed E-state index contributed by atoms with van der Waals surface area (Å²) in [7, 11) is 0. The quantitative estimate of drug-likeness (QED) is 0.678. The monoisotopic (exact) mass is 198 g/mol. The molecule has 0 saturated carbocycles. The lowest BCUT2D eigenvalue weighted by Crippen LogP contribution is -2.40. The minimum Gasteiger partial charge on any atom is -0.347 e. The molecule has 0 aromatic rings. The fourth-order valence-electron chi connectivity index (χ4n) is 2.67. The SMILES string of the molecule is CCC1CCCC2(CCC(CC)O2)O1. The second-order valence-corrected chi connectivity index (χ2v) is 4.64. The highest BCUT2D eigenvalue weighted by atomic mass is 16.7. The van der Waals surface area contributed by atoms with Crippen LogP contribution in [0.5, 0.6) is 0 Å². The van der Waals surface area contributed by atoms with Crippen molar-refractivity contribution in [3.8, 4) is 0 Å². The lowest BCUT2D eigenvalue weighted by Gasteiger charge is -2.38. The van der Waals surface area contributed by atoms with Crippen molar-refractivity contribution in [1.29, 1.82) is 0 Å². The van der Waals surface area contributed by atoms with Gasteiger partial charge in [-0.1, -0.05) is 13.8 Å². The fourth-order valence-corrected chi connectivity index (χ4v) is 2.67. The Labute approximate surface area is 87.0 Å². The van der Waals surface area contributed by atoms with Gasteiger partial charge in [0.05, 0.1) is 12.2 Å². The second-order valence-electron chi connectivity index (χ2n) is 4.64. The predicted octanol–water partition coefficient (Wildman–Crippen LogP) is 3.25. The fraction of sp³-hybridized carbons (Fsp3) is 1.00. The molecular formula is C12H22O2. The zero-order valence-electron chi connectivity index (χ0n) is 9.42. The van der Waals surface area contributed by atoms with Crippen LogP contribution in [0.2, 0.25) is 0 Å². The van der Waals surface area contributed by atoms with Gasteiger partial charge < -0.3 is 9.47 Å². The average Bonchev–Trinajstić information content (AvgIpc) is 2.61. The van der Waals surface area contributed by atoms with Crippen molar-refractivity contribution < 1.29 is 9.47 Å². The minimum atomic E-state index is -0.181. The summed E-state index contributed by atoms with van der Waals surface area (Å²) in [5.74, 6) is -0.181. The average molecular weight is 198 g/mol. The minimum absolute atomic E-state index is 0.181. The normalized spacial score (nSPS) is 43.3. The Hall–Kier alpha value is -0.0800. The van der Waals surface area contributed by atoms with Crippen molar-refractivity contribution in [3.63, 3.8) is 0 Å². The van der Waals surface area contributed by atoms with Gasteiger partial charge in [-0.2, -0.15) is 0 Å². The molecule has 0 aromatic carbocycles. The first kappa shape index (κ1) is 10.4. The lowest BCUT2D eigenvalue weighted by molar-refractivity contribution is -0.270. The lowest BCUT2D eigenvalue weighted by atomic mass is 9.97. The van der Waals surface area contributed by atoms with E-state index in [1.165, 1.54) is 19.3 Å². The zero-order valence-corrected chi connectivity index (χ0v) is 9.42. The van der Waals surface area contributed by atoms with E-state index >= 15 is 0 Å². The number of hydrogen-bond acceptors (Lipinski definition) is 2. The van der Waals surface area contributed by atoms with Crippen LogP contribution in [0.4, 0.5) is 0 Å². The zero-order chi connectivity index (χ0) is 10.0. The third kappa shape index (κ3) is 1.96. The van der Waals surface area contributed by atoms with Crippen LogP contribution in [0.25, 0.3) is 0 Å². The second kappa shape index (κ2) is 4.19. The summed E-state index contributed by atoms with van der Waals surface area (Å²) in [5, 5.41) is 0. The Morgan fingerprint density at radius 2 is 1.64 bits per heavy atom.